The highest BCUT2D eigenvalue weighted by atomic mass is 35.5. The van der Waals surface area contributed by atoms with E-state index in [9.17, 15) is 4.79 Å². The standard InChI is InChI=1S/C13H18ClNO/c1-4-9-13(3,14)12(16)15-11-7-5-10(2)6-8-11/h5-8H,4,9H2,1-3H3,(H,15,16). The summed E-state index contributed by atoms with van der Waals surface area (Å²) in [6.45, 7) is 5.77. The molecule has 88 valence electrons. The van der Waals surface area contributed by atoms with Crippen LogP contribution in [0.15, 0.2) is 24.3 Å². The van der Waals surface area contributed by atoms with Gasteiger partial charge in [0.25, 0.3) is 0 Å². The second kappa shape index (κ2) is 5.35. The van der Waals surface area contributed by atoms with Crippen molar-refractivity contribution in [1.82, 2.24) is 0 Å². The minimum Gasteiger partial charge on any atom is -0.325 e. The molecule has 1 aromatic rings. The average Bonchev–Trinajstić information content (AvgIpc) is 2.21. The molecule has 1 rings (SSSR count). The van der Waals surface area contributed by atoms with Crippen molar-refractivity contribution in [3.05, 3.63) is 29.8 Å². The Morgan fingerprint density at radius 3 is 2.44 bits per heavy atom. The van der Waals surface area contributed by atoms with E-state index in [0.29, 0.717) is 6.42 Å². The summed E-state index contributed by atoms with van der Waals surface area (Å²) in [5.74, 6) is -0.139. The molecule has 0 saturated carbocycles. The topological polar surface area (TPSA) is 29.1 Å². The second-order valence-electron chi connectivity index (χ2n) is 4.27. The average molecular weight is 240 g/mol. The van der Waals surface area contributed by atoms with Crippen LogP contribution in [0.5, 0.6) is 0 Å². The van der Waals surface area contributed by atoms with Crippen molar-refractivity contribution in [2.24, 2.45) is 0 Å². The van der Waals surface area contributed by atoms with Crippen LogP contribution in [0.4, 0.5) is 5.69 Å². The molecule has 0 aliphatic carbocycles. The molecule has 2 nitrogen and oxygen atoms in total. The van der Waals surface area contributed by atoms with E-state index in [-0.39, 0.29) is 5.91 Å². The Labute approximate surface area is 102 Å². The van der Waals surface area contributed by atoms with Crippen molar-refractivity contribution in [3.63, 3.8) is 0 Å². The van der Waals surface area contributed by atoms with Crippen molar-refractivity contribution in [3.8, 4) is 0 Å². The predicted octanol–water partition coefficient (Wildman–Crippen LogP) is 3.73. The number of amides is 1. The molecule has 1 amide bonds. The molecule has 16 heavy (non-hydrogen) atoms. The van der Waals surface area contributed by atoms with Crippen LogP contribution in [0, 0.1) is 6.92 Å². The number of alkyl halides is 1. The monoisotopic (exact) mass is 239 g/mol. The zero-order valence-electron chi connectivity index (χ0n) is 10.0. The fourth-order valence-electron chi connectivity index (χ4n) is 1.48. The van der Waals surface area contributed by atoms with Gasteiger partial charge in [0.2, 0.25) is 5.91 Å². The highest BCUT2D eigenvalue weighted by Gasteiger charge is 2.29. The van der Waals surface area contributed by atoms with Crippen molar-refractivity contribution in [2.45, 2.75) is 38.5 Å². The summed E-state index contributed by atoms with van der Waals surface area (Å²) in [5.41, 5.74) is 1.96. The molecule has 0 aliphatic rings. The summed E-state index contributed by atoms with van der Waals surface area (Å²) in [4.78, 5) is 11.0. The van der Waals surface area contributed by atoms with Gasteiger partial charge in [-0.15, -0.1) is 11.6 Å². The van der Waals surface area contributed by atoms with Gasteiger partial charge in [-0.3, -0.25) is 4.79 Å². The number of hydrogen-bond acceptors (Lipinski definition) is 1. The Bertz CT molecular complexity index is 357. The summed E-state index contributed by atoms with van der Waals surface area (Å²) in [5, 5.41) is 2.82. The lowest BCUT2D eigenvalue weighted by Crippen LogP contribution is -2.34. The predicted molar refractivity (Wildman–Crippen MR) is 69.0 cm³/mol. The third kappa shape index (κ3) is 3.53. The number of anilines is 1. The minimum atomic E-state index is -0.820. The maximum atomic E-state index is 11.9. The van der Waals surface area contributed by atoms with Crippen LogP contribution in [-0.2, 0) is 4.79 Å². The van der Waals surface area contributed by atoms with E-state index in [2.05, 4.69) is 5.32 Å². The number of carbonyl (C=O) groups is 1. The molecule has 1 N–H and O–H groups in total. The molecule has 0 aliphatic heterocycles. The van der Waals surface area contributed by atoms with Gasteiger partial charge in [-0.05, 0) is 32.4 Å². The molecule has 1 unspecified atom stereocenters. The van der Waals surface area contributed by atoms with Gasteiger partial charge in [0, 0.05) is 5.69 Å². The third-order valence-electron chi connectivity index (χ3n) is 2.50. The molecule has 0 heterocycles. The van der Waals surface area contributed by atoms with E-state index in [0.717, 1.165) is 12.1 Å². The number of rotatable bonds is 4. The van der Waals surface area contributed by atoms with Crippen molar-refractivity contribution in [2.75, 3.05) is 5.32 Å². The normalized spacial score (nSPS) is 14.2. The molecule has 0 bridgehead atoms. The molecule has 0 radical (unpaired) electrons. The highest BCUT2D eigenvalue weighted by Crippen LogP contribution is 2.23. The van der Waals surface area contributed by atoms with Crippen LogP contribution in [0.1, 0.15) is 32.3 Å². The zero-order chi connectivity index (χ0) is 12.2. The summed E-state index contributed by atoms with van der Waals surface area (Å²) >= 11 is 6.16. The molecule has 1 aromatic carbocycles. The number of hydrogen-bond donors (Lipinski definition) is 1. The van der Waals surface area contributed by atoms with Gasteiger partial charge in [0.05, 0.1) is 0 Å². The van der Waals surface area contributed by atoms with Gasteiger partial charge in [0.15, 0.2) is 0 Å². The van der Waals surface area contributed by atoms with Crippen LogP contribution in [0.3, 0.4) is 0 Å². The van der Waals surface area contributed by atoms with Gasteiger partial charge in [0.1, 0.15) is 4.87 Å². The third-order valence-corrected chi connectivity index (χ3v) is 2.86. The summed E-state index contributed by atoms with van der Waals surface area (Å²) in [6.07, 6.45) is 1.56. The Hall–Kier alpha value is -1.02. The van der Waals surface area contributed by atoms with E-state index in [1.807, 2.05) is 38.1 Å². The van der Waals surface area contributed by atoms with Crippen LogP contribution in [0.2, 0.25) is 0 Å². The fraction of sp³-hybridized carbons (Fsp3) is 0.462. The summed E-state index contributed by atoms with van der Waals surface area (Å²) < 4.78 is 0. The van der Waals surface area contributed by atoms with Crippen molar-refractivity contribution >= 4 is 23.2 Å². The number of carbonyl (C=O) groups excluding carboxylic acids is 1. The molecule has 0 spiro atoms. The van der Waals surface area contributed by atoms with E-state index in [1.54, 1.807) is 6.92 Å². The first-order valence-electron chi connectivity index (χ1n) is 5.53. The minimum absolute atomic E-state index is 0.139. The fourth-order valence-corrected chi connectivity index (χ4v) is 1.72. The molecule has 1 atom stereocenters. The number of benzene rings is 1. The molecule has 0 fully saturated rings. The molecule has 3 heteroatoms. The Morgan fingerprint density at radius 1 is 1.38 bits per heavy atom. The largest absolute Gasteiger partial charge is 0.325 e. The van der Waals surface area contributed by atoms with Gasteiger partial charge in [-0.1, -0.05) is 31.0 Å². The van der Waals surface area contributed by atoms with E-state index < -0.39 is 4.87 Å². The molecular weight excluding hydrogens is 222 g/mol. The van der Waals surface area contributed by atoms with Crippen LogP contribution >= 0.6 is 11.6 Å². The molecule has 0 aromatic heterocycles. The lowest BCUT2D eigenvalue weighted by atomic mass is 10.0. The van der Waals surface area contributed by atoms with E-state index in [4.69, 9.17) is 11.6 Å². The Balaban J connectivity index is 2.67. The maximum absolute atomic E-state index is 11.9. The van der Waals surface area contributed by atoms with Gasteiger partial charge in [-0.25, -0.2) is 0 Å². The summed E-state index contributed by atoms with van der Waals surface area (Å²) in [7, 11) is 0. The lowest BCUT2D eigenvalue weighted by molar-refractivity contribution is -0.118. The van der Waals surface area contributed by atoms with E-state index >= 15 is 0 Å². The second-order valence-corrected chi connectivity index (χ2v) is 5.10. The first kappa shape index (κ1) is 13.0. The van der Waals surface area contributed by atoms with Crippen LogP contribution < -0.4 is 5.32 Å². The maximum Gasteiger partial charge on any atom is 0.245 e. The number of nitrogens with one attached hydrogen (secondary N) is 1. The zero-order valence-corrected chi connectivity index (χ0v) is 10.8. The van der Waals surface area contributed by atoms with Crippen LogP contribution in [0.25, 0.3) is 0 Å². The SMILES string of the molecule is CCCC(C)(Cl)C(=O)Nc1ccc(C)cc1. The molecular formula is C13H18ClNO. The van der Waals surface area contributed by atoms with Gasteiger partial charge in [-0.2, -0.15) is 0 Å². The number of halogens is 1. The smallest absolute Gasteiger partial charge is 0.245 e. The van der Waals surface area contributed by atoms with E-state index in [1.165, 1.54) is 5.56 Å². The quantitative estimate of drug-likeness (QED) is 0.797. The van der Waals surface area contributed by atoms with Gasteiger partial charge >= 0.3 is 0 Å². The number of aryl methyl sites for hydroxylation is 1. The van der Waals surface area contributed by atoms with Gasteiger partial charge < -0.3 is 5.32 Å². The Morgan fingerprint density at radius 2 is 1.94 bits per heavy atom. The molecule has 0 saturated heterocycles. The lowest BCUT2D eigenvalue weighted by Gasteiger charge is -2.20. The van der Waals surface area contributed by atoms with Crippen molar-refractivity contribution in [1.29, 1.82) is 0 Å². The first-order chi connectivity index (χ1) is 7.45. The van der Waals surface area contributed by atoms with Crippen LogP contribution in [-0.4, -0.2) is 10.8 Å². The summed E-state index contributed by atoms with van der Waals surface area (Å²) in [6, 6.07) is 7.68. The first-order valence-corrected chi connectivity index (χ1v) is 5.90. The van der Waals surface area contributed by atoms with Crippen molar-refractivity contribution < 1.29 is 4.79 Å². The Kier molecular flexibility index (Phi) is 4.36. The highest BCUT2D eigenvalue weighted by molar-refractivity contribution is 6.36.